The van der Waals surface area contributed by atoms with Gasteiger partial charge < -0.3 is 14.8 Å². The second kappa shape index (κ2) is 9.66. The number of halogens is 1. The van der Waals surface area contributed by atoms with Gasteiger partial charge in [-0.15, -0.1) is 0 Å². The smallest absolute Gasteiger partial charge is 0.261 e. The first-order valence-corrected chi connectivity index (χ1v) is 10.5. The molecule has 0 aliphatic carbocycles. The first kappa shape index (κ1) is 21.8. The van der Waals surface area contributed by atoms with Crippen molar-refractivity contribution >= 4 is 33.2 Å². The van der Waals surface area contributed by atoms with Crippen LogP contribution in [0.2, 0.25) is 5.02 Å². The number of hydrogen-bond donors (Lipinski definition) is 2. The Morgan fingerprint density at radius 2 is 1.86 bits per heavy atom. The van der Waals surface area contributed by atoms with Gasteiger partial charge in [-0.2, -0.15) is 0 Å². The molecule has 0 spiro atoms. The molecule has 2 rings (SSSR count). The van der Waals surface area contributed by atoms with Gasteiger partial charge in [0, 0.05) is 11.7 Å². The molecule has 1 atom stereocenters. The Balaban J connectivity index is 2.06. The number of rotatable bonds is 9. The molecule has 2 aromatic rings. The van der Waals surface area contributed by atoms with Crippen LogP contribution >= 0.6 is 11.6 Å². The number of amides is 1. The zero-order valence-electron chi connectivity index (χ0n) is 15.9. The van der Waals surface area contributed by atoms with Gasteiger partial charge in [0.1, 0.15) is 11.5 Å². The SMILES string of the molecule is CC[C@@H](C)NC(=O)COc1ccc(S(=O)(=O)Nc2ccc(OC)cc2)cc1Cl. The molecule has 0 saturated carbocycles. The van der Waals surface area contributed by atoms with E-state index in [9.17, 15) is 13.2 Å². The number of benzene rings is 2. The topological polar surface area (TPSA) is 93.7 Å². The van der Waals surface area contributed by atoms with Crippen LogP contribution in [0, 0.1) is 0 Å². The number of hydrogen-bond acceptors (Lipinski definition) is 5. The first-order valence-electron chi connectivity index (χ1n) is 8.63. The highest BCUT2D eigenvalue weighted by molar-refractivity contribution is 7.92. The highest BCUT2D eigenvalue weighted by Crippen LogP contribution is 2.28. The summed E-state index contributed by atoms with van der Waals surface area (Å²) in [5.41, 5.74) is 0.388. The zero-order chi connectivity index (χ0) is 20.7. The van der Waals surface area contributed by atoms with Crippen LogP contribution in [0.25, 0.3) is 0 Å². The van der Waals surface area contributed by atoms with E-state index in [2.05, 4.69) is 10.0 Å². The van der Waals surface area contributed by atoms with Crippen LogP contribution in [0.15, 0.2) is 47.4 Å². The summed E-state index contributed by atoms with van der Waals surface area (Å²) >= 11 is 6.13. The number of carbonyl (C=O) groups excluding carboxylic acids is 1. The molecule has 0 aliphatic heterocycles. The Morgan fingerprint density at radius 1 is 1.18 bits per heavy atom. The van der Waals surface area contributed by atoms with E-state index in [4.69, 9.17) is 21.1 Å². The molecule has 7 nitrogen and oxygen atoms in total. The van der Waals surface area contributed by atoms with Gasteiger partial charge in [0.15, 0.2) is 6.61 Å². The lowest BCUT2D eigenvalue weighted by molar-refractivity contribution is -0.123. The highest BCUT2D eigenvalue weighted by Gasteiger charge is 2.17. The molecule has 28 heavy (non-hydrogen) atoms. The average Bonchev–Trinajstić information content (AvgIpc) is 2.67. The van der Waals surface area contributed by atoms with Crippen molar-refractivity contribution in [2.24, 2.45) is 0 Å². The molecule has 0 aliphatic rings. The van der Waals surface area contributed by atoms with Gasteiger partial charge in [-0.05, 0) is 55.8 Å². The van der Waals surface area contributed by atoms with Crippen molar-refractivity contribution in [3.8, 4) is 11.5 Å². The quantitative estimate of drug-likeness (QED) is 0.640. The third kappa shape index (κ3) is 6.03. The molecule has 0 fully saturated rings. The molecular formula is C19H23ClN2O5S. The summed E-state index contributed by atoms with van der Waals surface area (Å²) in [4.78, 5) is 11.8. The summed E-state index contributed by atoms with van der Waals surface area (Å²) in [6.07, 6.45) is 0.806. The van der Waals surface area contributed by atoms with Crippen LogP contribution in [0.4, 0.5) is 5.69 Å². The van der Waals surface area contributed by atoms with E-state index in [1.165, 1.54) is 25.3 Å². The minimum absolute atomic E-state index is 0.0234. The maximum atomic E-state index is 12.5. The van der Waals surface area contributed by atoms with Crippen LogP contribution in [0.1, 0.15) is 20.3 Å². The first-order chi connectivity index (χ1) is 13.2. The monoisotopic (exact) mass is 426 g/mol. The summed E-state index contributed by atoms with van der Waals surface area (Å²) in [7, 11) is -2.31. The van der Waals surface area contributed by atoms with Crippen molar-refractivity contribution in [3.63, 3.8) is 0 Å². The summed E-state index contributed by atoms with van der Waals surface area (Å²) < 4.78 is 38.0. The minimum Gasteiger partial charge on any atom is -0.497 e. The van der Waals surface area contributed by atoms with Gasteiger partial charge in [-0.25, -0.2) is 8.42 Å². The second-order valence-corrected chi connectivity index (χ2v) is 8.18. The van der Waals surface area contributed by atoms with Crippen LogP contribution in [-0.2, 0) is 14.8 Å². The lowest BCUT2D eigenvalue weighted by atomic mass is 10.2. The van der Waals surface area contributed by atoms with Crippen molar-refractivity contribution in [1.82, 2.24) is 5.32 Å². The summed E-state index contributed by atoms with van der Waals surface area (Å²) in [6.45, 7) is 3.64. The van der Waals surface area contributed by atoms with Gasteiger partial charge in [-0.3, -0.25) is 9.52 Å². The molecule has 0 unspecified atom stereocenters. The summed E-state index contributed by atoms with van der Waals surface area (Å²) in [6, 6.07) is 10.6. The Bertz CT molecular complexity index is 916. The molecule has 1 amide bonds. The lowest BCUT2D eigenvalue weighted by Gasteiger charge is -2.13. The molecule has 2 N–H and O–H groups in total. The molecule has 9 heteroatoms. The second-order valence-electron chi connectivity index (χ2n) is 6.09. The number of anilines is 1. The molecule has 0 aromatic heterocycles. The van der Waals surface area contributed by atoms with Crippen molar-refractivity contribution in [1.29, 1.82) is 0 Å². The van der Waals surface area contributed by atoms with Crippen LogP contribution in [-0.4, -0.2) is 34.1 Å². The van der Waals surface area contributed by atoms with E-state index in [0.717, 1.165) is 6.42 Å². The average molecular weight is 427 g/mol. The van der Waals surface area contributed by atoms with Gasteiger partial charge in [0.2, 0.25) is 0 Å². The fourth-order valence-electron chi connectivity index (χ4n) is 2.20. The van der Waals surface area contributed by atoms with Crippen molar-refractivity contribution in [2.75, 3.05) is 18.4 Å². The molecule has 0 radical (unpaired) electrons. The summed E-state index contributed by atoms with van der Waals surface area (Å²) in [5, 5.41) is 2.86. The van der Waals surface area contributed by atoms with Gasteiger partial charge in [0.25, 0.3) is 15.9 Å². The minimum atomic E-state index is -3.83. The standard InChI is InChI=1S/C19H23ClN2O5S/c1-4-13(2)21-19(23)12-27-18-10-9-16(11-17(18)20)28(24,25)22-14-5-7-15(26-3)8-6-14/h5-11,13,22H,4,12H2,1-3H3,(H,21,23)/t13-/m1/s1. The Kier molecular flexibility index (Phi) is 7.53. The maximum Gasteiger partial charge on any atom is 0.261 e. The maximum absolute atomic E-state index is 12.5. The highest BCUT2D eigenvalue weighted by atomic mass is 35.5. The normalized spacial score (nSPS) is 12.1. The predicted molar refractivity (Wildman–Crippen MR) is 109 cm³/mol. The predicted octanol–water partition coefficient (Wildman–Crippen LogP) is 3.44. The fraction of sp³-hybridized carbons (Fsp3) is 0.316. The van der Waals surface area contributed by atoms with Crippen LogP contribution in [0.5, 0.6) is 11.5 Å². The van der Waals surface area contributed by atoms with E-state index < -0.39 is 10.0 Å². The summed E-state index contributed by atoms with van der Waals surface area (Å²) in [5.74, 6) is 0.567. The van der Waals surface area contributed by atoms with Gasteiger partial charge in [-0.1, -0.05) is 18.5 Å². The van der Waals surface area contributed by atoms with Crippen LogP contribution in [0.3, 0.4) is 0 Å². The number of methoxy groups -OCH3 is 1. The number of nitrogens with one attached hydrogen (secondary N) is 2. The van der Waals surface area contributed by atoms with Crippen molar-refractivity contribution in [3.05, 3.63) is 47.5 Å². The Morgan fingerprint density at radius 3 is 2.43 bits per heavy atom. The van der Waals surface area contributed by atoms with E-state index in [1.54, 1.807) is 24.3 Å². The van der Waals surface area contributed by atoms with Crippen molar-refractivity contribution < 1.29 is 22.7 Å². The molecule has 0 saturated heterocycles. The molecule has 2 aromatic carbocycles. The lowest BCUT2D eigenvalue weighted by Crippen LogP contribution is -2.35. The molecule has 0 bridgehead atoms. The molecule has 0 heterocycles. The third-order valence-corrected chi connectivity index (χ3v) is 5.61. The molecular weight excluding hydrogens is 404 g/mol. The molecule has 152 valence electrons. The van der Waals surface area contributed by atoms with E-state index in [-0.39, 0.29) is 34.2 Å². The third-order valence-electron chi connectivity index (χ3n) is 3.93. The fourth-order valence-corrected chi connectivity index (χ4v) is 3.58. The van der Waals surface area contributed by atoms with Gasteiger partial charge in [0.05, 0.1) is 17.0 Å². The van der Waals surface area contributed by atoms with Gasteiger partial charge >= 0.3 is 0 Å². The number of ether oxygens (including phenoxy) is 2. The van der Waals surface area contributed by atoms with E-state index >= 15 is 0 Å². The number of sulfonamides is 1. The zero-order valence-corrected chi connectivity index (χ0v) is 17.4. The largest absolute Gasteiger partial charge is 0.497 e. The van der Waals surface area contributed by atoms with E-state index in [0.29, 0.717) is 11.4 Å². The number of carbonyl (C=O) groups is 1. The Hall–Kier alpha value is -2.45. The van der Waals surface area contributed by atoms with E-state index in [1.807, 2.05) is 13.8 Å². The Labute approximate surface area is 170 Å². The van der Waals surface area contributed by atoms with Crippen LogP contribution < -0.4 is 19.5 Å². The van der Waals surface area contributed by atoms with Crippen molar-refractivity contribution in [2.45, 2.75) is 31.2 Å².